The first-order valence-electron chi connectivity index (χ1n) is 16.4. The summed E-state index contributed by atoms with van der Waals surface area (Å²) in [6.45, 7) is 2.78. The third kappa shape index (κ3) is 11.5. The largest absolute Gasteiger partial charge is 0.494 e. The molecule has 0 aliphatic heterocycles. The Kier molecular flexibility index (Phi) is 13.9. The van der Waals surface area contributed by atoms with Gasteiger partial charge in [0.1, 0.15) is 17.6 Å². The average molecular weight is 685 g/mol. The fourth-order valence-corrected chi connectivity index (χ4v) is 5.08. The zero-order valence-electron chi connectivity index (χ0n) is 28.1. The van der Waals surface area contributed by atoms with Crippen LogP contribution in [-0.4, -0.2) is 48.6 Å². The molecule has 1 atom stereocenters. The van der Waals surface area contributed by atoms with Gasteiger partial charge in [0, 0.05) is 17.7 Å². The van der Waals surface area contributed by atoms with E-state index in [-0.39, 0.29) is 35.8 Å². The van der Waals surface area contributed by atoms with Crippen molar-refractivity contribution in [2.45, 2.75) is 57.9 Å². The number of aliphatic carboxylic acids is 1. The number of carboxylic acid groups (broad SMARTS) is 1. The van der Waals surface area contributed by atoms with Crippen molar-refractivity contribution >= 4 is 29.4 Å². The number of anilines is 1. The lowest BCUT2D eigenvalue weighted by Crippen LogP contribution is -2.42. The summed E-state index contributed by atoms with van der Waals surface area (Å²) < 4.78 is 30.1. The standard InChI is InChI=1S/C39H41FN2O8/c1-3-4-5-6-7-21-49-32-18-14-29(15-19-32)39(47)50-34-20-11-27(24-35(34)48-2)23-33(38(45)46)42-37(44)28-12-16-31(17-13-28)41-36(43)25-26-9-8-10-30(40)22-26/h8-20,22,24,33H,3-7,21,23,25H2,1-2H3,(H,41,43)(H,42,44)(H,45,46). The van der Waals surface area contributed by atoms with Crippen LogP contribution in [0.1, 0.15) is 70.9 Å². The number of carboxylic acids is 1. The van der Waals surface area contributed by atoms with E-state index in [1.807, 2.05) is 0 Å². The molecule has 0 aromatic heterocycles. The van der Waals surface area contributed by atoms with Gasteiger partial charge in [-0.3, -0.25) is 9.59 Å². The number of rotatable bonds is 18. The molecular formula is C39H41FN2O8. The van der Waals surface area contributed by atoms with E-state index in [0.717, 1.165) is 12.8 Å². The SMILES string of the molecule is CCCCCCCOc1ccc(C(=O)Oc2ccc(CC(NC(=O)c3ccc(NC(=O)Cc4cccc(F)c4)cc3)C(=O)O)cc2OC)cc1. The van der Waals surface area contributed by atoms with E-state index >= 15 is 0 Å². The Morgan fingerprint density at radius 2 is 1.52 bits per heavy atom. The molecule has 4 aromatic carbocycles. The van der Waals surface area contributed by atoms with E-state index in [1.54, 1.807) is 42.5 Å². The Labute approximate surface area is 290 Å². The van der Waals surface area contributed by atoms with Crippen molar-refractivity contribution < 1.29 is 42.9 Å². The highest BCUT2D eigenvalue weighted by molar-refractivity contribution is 5.98. The van der Waals surface area contributed by atoms with Gasteiger partial charge in [-0.05, 0) is 90.3 Å². The second-order valence-corrected chi connectivity index (χ2v) is 11.7. The molecule has 2 amide bonds. The lowest BCUT2D eigenvalue weighted by Gasteiger charge is -2.16. The number of carbonyl (C=O) groups is 4. The first-order valence-corrected chi connectivity index (χ1v) is 16.4. The molecule has 0 saturated heterocycles. The number of halogens is 1. The van der Waals surface area contributed by atoms with Gasteiger partial charge in [-0.1, -0.05) is 50.8 Å². The molecule has 0 saturated carbocycles. The number of benzene rings is 4. The van der Waals surface area contributed by atoms with Crippen molar-refractivity contribution in [1.29, 1.82) is 0 Å². The van der Waals surface area contributed by atoms with E-state index in [1.165, 1.54) is 74.9 Å². The molecule has 0 radical (unpaired) electrons. The average Bonchev–Trinajstić information content (AvgIpc) is 3.10. The molecule has 50 heavy (non-hydrogen) atoms. The van der Waals surface area contributed by atoms with Crippen molar-refractivity contribution in [3.05, 3.63) is 119 Å². The van der Waals surface area contributed by atoms with Gasteiger partial charge < -0.3 is 30.0 Å². The normalized spacial score (nSPS) is 11.3. The second kappa shape index (κ2) is 18.7. The van der Waals surface area contributed by atoms with Crippen molar-refractivity contribution in [2.24, 2.45) is 0 Å². The minimum Gasteiger partial charge on any atom is -0.494 e. The number of unbranched alkanes of at least 4 members (excludes halogenated alkanes) is 4. The molecule has 0 aliphatic rings. The minimum atomic E-state index is -1.29. The molecule has 0 aliphatic carbocycles. The third-order valence-electron chi connectivity index (χ3n) is 7.77. The zero-order chi connectivity index (χ0) is 35.9. The quantitative estimate of drug-likeness (QED) is 0.0578. The number of amides is 2. The molecule has 0 bridgehead atoms. The van der Waals surface area contributed by atoms with Crippen LogP contribution in [0, 0.1) is 5.82 Å². The Bertz CT molecular complexity index is 1760. The Morgan fingerprint density at radius 3 is 2.20 bits per heavy atom. The highest BCUT2D eigenvalue weighted by atomic mass is 19.1. The van der Waals surface area contributed by atoms with Crippen molar-refractivity contribution in [2.75, 3.05) is 19.0 Å². The second-order valence-electron chi connectivity index (χ2n) is 11.7. The van der Waals surface area contributed by atoms with Crippen LogP contribution < -0.4 is 24.8 Å². The fourth-order valence-electron chi connectivity index (χ4n) is 5.08. The summed E-state index contributed by atoms with van der Waals surface area (Å²) in [7, 11) is 1.40. The first kappa shape index (κ1) is 37.1. The first-order chi connectivity index (χ1) is 24.1. The van der Waals surface area contributed by atoms with Gasteiger partial charge in [0.2, 0.25) is 5.91 Å². The van der Waals surface area contributed by atoms with Gasteiger partial charge in [0.05, 0.1) is 25.7 Å². The smallest absolute Gasteiger partial charge is 0.343 e. The van der Waals surface area contributed by atoms with Crippen LogP contribution in [0.2, 0.25) is 0 Å². The van der Waals surface area contributed by atoms with Gasteiger partial charge in [0.25, 0.3) is 5.91 Å². The molecule has 0 spiro atoms. The maximum absolute atomic E-state index is 13.4. The van der Waals surface area contributed by atoms with Gasteiger partial charge in [-0.25, -0.2) is 14.0 Å². The van der Waals surface area contributed by atoms with Gasteiger partial charge in [-0.15, -0.1) is 0 Å². The molecule has 11 heteroatoms. The summed E-state index contributed by atoms with van der Waals surface area (Å²) in [5.74, 6) is -2.26. The molecule has 4 aromatic rings. The monoisotopic (exact) mass is 684 g/mol. The van der Waals surface area contributed by atoms with Gasteiger partial charge in [0.15, 0.2) is 11.5 Å². The zero-order valence-corrected chi connectivity index (χ0v) is 28.1. The van der Waals surface area contributed by atoms with E-state index in [0.29, 0.717) is 34.7 Å². The summed E-state index contributed by atoms with van der Waals surface area (Å²) in [6, 6.07) is 21.7. The van der Waals surface area contributed by atoms with E-state index in [4.69, 9.17) is 14.2 Å². The van der Waals surface area contributed by atoms with Crippen molar-refractivity contribution in [1.82, 2.24) is 5.32 Å². The van der Waals surface area contributed by atoms with Crippen LogP contribution in [-0.2, 0) is 22.4 Å². The third-order valence-corrected chi connectivity index (χ3v) is 7.77. The lowest BCUT2D eigenvalue weighted by molar-refractivity contribution is -0.139. The van der Waals surface area contributed by atoms with E-state index in [2.05, 4.69) is 17.6 Å². The van der Waals surface area contributed by atoms with E-state index in [9.17, 15) is 28.7 Å². The maximum Gasteiger partial charge on any atom is 0.343 e. The number of hydrogen-bond acceptors (Lipinski definition) is 7. The number of carbonyl (C=O) groups excluding carboxylic acids is 3. The summed E-state index contributed by atoms with van der Waals surface area (Å²) in [6.07, 6.45) is 5.56. The van der Waals surface area contributed by atoms with E-state index < -0.39 is 29.7 Å². The molecule has 262 valence electrons. The summed E-state index contributed by atoms with van der Waals surface area (Å²) in [5, 5.41) is 15.1. The Morgan fingerprint density at radius 1 is 0.800 bits per heavy atom. The summed E-state index contributed by atoms with van der Waals surface area (Å²) in [5.41, 5.74) is 1.95. The number of esters is 1. The van der Waals surface area contributed by atoms with Crippen LogP contribution >= 0.6 is 0 Å². The molecule has 0 fully saturated rings. The molecule has 10 nitrogen and oxygen atoms in total. The predicted octanol–water partition coefficient (Wildman–Crippen LogP) is 7.01. The molecule has 1 unspecified atom stereocenters. The number of hydrogen-bond donors (Lipinski definition) is 3. The molecule has 3 N–H and O–H groups in total. The van der Waals surface area contributed by atoms with Crippen LogP contribution in [0.15, 0.2) is 91.0 Å². The topological polar surface area (TPSA) is 140 Å². The number of nitrogens with one attached hydrogen (secondary N) is 2. The summed E-state index contributed by atoms with van der Waals surface area (Å²) >= 11 is 0. The van der Waals surface area contributed by atoms with Gasteiger partial charge >= 0.3 is 11.9 Å². The van der Waals surface area contributed by atoms with Crippen LogP contribution in [0.4, 0.5) is 10.1 Å². The van der Waals surface area contributed by atoms with Crippen LogP contribution in [0.3, 0.4) is 0 Å². The fraction of sp³-hybridized carbons (Fsp3) is 0.282. The molecule has 4 rings (SSSR count). The number of ether oxygens (including phenoxy) is 3. The molecule has 0 heterocycles. The Balaban J connectivity index is 1.30. The minimum absolute atomic E-state index is 0.0302. The lowest BCUT2D eigenvalue weighted by atomic mass is 10.0. The van der Waals surface area contributed by atoms with Gasteiger partial charge in [-0.2, -0.15) is 0 Å². The van der Waals surface area contributed by atoms with Crippen molar-refractivity contribution in [3.8, 4) is 17.2 Å². The molecular weight excluding hydrogens is 643 g/mol. The highest BCUT2D eigenvalue weighted by Crippen LogP contribution is 2.30. The maximum atomic E-state index is 13.4. The Hall–Kier alpha value is -5.71. The van der Waals surface area contributed by atoms with Crippen molar-refractivity contribution in [3.63, 3.8) is 0 Å². The number of methoxy groups -OCH3 is 1. The predicted molar refractivity (Wildman–Crippen MR) is 186 cm³/mol. The van der Waals surface area contributed by atoms with Crippen LogP contribution in [0.5, 0.6) is 17.2 Å². The van der Waals surface area contributed by atoms with Crippen LogP contribution in [0.25, 0.3) is 0 Å². The highest BCUT2D eigenvalue weighted by Gasteiger charge is 2.23. The summed E-state index contributed by atoms with van der Waals surface area (Å²) in [4.78, 5) is 50.2.